The number of unbranched alkanes of at least 4 members (excludes halogenated alkanes) is 1. The van der Waals surface area contributed by atoms with E-state index in [9.17, 15) is 4.79 Å². The van der Waals surface area contributed by atoms with Gasteiger partial charge in [0, 0.05) is 5.56 Å². The van der Waals surface area contributed by atoms with Gasteiger partial charge in [0.05, 0.1) is 19.9 Å². The summed E-state index contributed by atoms with van der Waals surface area (Å²) < 4.78 is 11.1. The number of tetrazole rings is 1. The molecule has 2 aromatic carbocycles. The van der Waals surface area contributed by atoms with Crippen LogP contribution < -0.4 is 14.9 Å². The van der Waals surface area contributed by atoms with E-state index in [1.165, 1.54) is 11.0 Å². The van der Waals surface area contributed by atoms with Crippen molar-refractivity contribution in [3.8, 4) is 22.9 Å². The van der Waals surface area contributed by atoms with Gasteiger partial charge in [-0.2, -0.15) is 9.90 Å². The predicted octanol–water partition coefficient (Wildman–Crippen LogP) is 2.68. The number of carbonyl (C=O) groups excluding carboxylic acids is 1. The van der Waals surface area contributed by atoms with Gasteiger partial charge in [-0.05, 0) is 35.4 Å². The molecule has 0 spiro atoms. The van der Waals surface area contributed by atoms with E-state index in [0.29, 0.717) is 23.9 Å². The van der Waals surface area contributed by atoms with Gasteiger partial charge in [0.2, 0.25) is 5.82 Å². The lowest BCUT2D eigenvalue weighted by atomic mass is 10.2. The molecule has 0 aliphatic carbocycles. The zero-order chi connectivity index (χ0) is 21.2. The molecule has 0 saturated heterocycles. The number of nitrogens with zero attached hydrogens (tertiary/aromatic N) is 5. The van der Waals surface area contributed by atoms with Crippen LogP contribution in [0.15, 0.2) is 53.6 Å². The number of rotatable bonds is 10. The fourth-order valence-corrected chi connectivity index (χ4v) is 2.57. The standard InChI is InChI=1S/C21H24N6O3/c1-3-4-12-30-18-11-10-16(13-19(18)29-2)14-22-23-20(28)15-27-25-21(24-26-27)17-8-6-5-7-9-17/h5-11,13-14H,3-4,12,15H2,1-2H3,(H,23,28)/b22-14-. The van der Waals surface area contributed by atoms with Gasteiger partial charge in [-0.3, -0.25) is 4.79 Å². The van der Waals surface area contributed by atoms with Crippen molar-refractivity contribution in [1.82, 2.24) is 25.6 Å². The largest absolute Gasteiger partial charge is 0.493 e. The quantitative estimate of drug-likeness (QED) is 0.314. The zero-order valence-corrected chi connectivity index (χ0v) is 17.0. The molecule has 0 aliphatic rings. The summed E-state index contributed by atoms with van der Waals surface area (Å²) in [5.74, 6) is 1.38. The molecule has 9 heteroatoms. The monoisotopic (exact) mass is 408 g/mol. The molecule has 1 amide bonds. The molecule has 0 radical (unpaired) electrons. The van der Waals surface area contributed by atoms with E-state index in [1.54, 1.807) is 13.2 Å². The number of carbonyl (C=O) groups is 1. The van der Waals surface area contributed by atoms with Gasteiger partial charge in [-0.15, -0.1) is 10.2 Å². The first-order valence-electron chi connectivity index (χ1n) is 9.65. The second-order valence-electron chi connectivity index (χ2n) is 6.41. The predicted molar refractivity (Wildman–Crippen MR) is 112 cm³/mol. The molecule has 1 aromatic heterocycles. The maximum Gasteiger partial charge on any atom is 0.263 e. The van der Waals surface area contributed by atoms with Crippen LogP contribution in [0.4, 0.5) is 0 Å². The lowest BCUT2D eigenvalue weighted by Crippen LogP contribution is -2.24. The summed E-state index contributed by atoms with van der Waals surface area (Å²) in [6, 6.07) is 14.9. The van der Waals surface area contributed by atoms with Crippen molar-refractivity contribution < 1.29 is 14.3 Å². The zero-order valence-electron chi connectivity index (χ0n) is 17.0. The highest BCUT2D eigenvalue weighted by atomic mass is 16.5. The number of nitrogens with one attached hydrogen (secondary N) is 1. The fourth-order valence-electron chi connectivity index (χ4n) is 2.57. The Morgan fingerprint density at radius 2 is 2.03 bits per heavy atom. The van der Waals surface area contributed by atoms with Crippen LogP contribution in [0.2, 0.25) is 0 Å². The minimum atomic E-state index is -0.366. The fraction of sp³-hybridized carbons (Fsp3) is 0.286. The molecule has 156 valence electrons. The molecule has 0 bridgehead atoms. The van der Waals surface area contributed by atoms with Crippen LogP contribution in [0.5, 0.6) is 11.5 Å². The van der Waals surface area contributed by atoms with E-state index in [4.69, 9.17) is 9.47 Å². The van der Waals surface area contributed by atoms with Gasteiger partial charge in [0.1, 0.15) is 6.54 Å². The number of aromatic nitrogens is 4. The van der Waals surface area contributed by atoms with E-state index < -0.39 is 0 Å². The second kappa shape index (κ2) is 10.7. The second-order valence-corrected chi connectivity index (χ2v) is 6.41. The molecule has 9 nitrogen and oxygen atoms in total. The number of hydrogen-bond donors (Lipinski definition) is 1. The number of methoxy groups -OCH3 is 1. The number of amides is 1. The van der Waals surface area contributed by atoms with Crippen LogP contribution in [0.1, 0.15) is 25.3 Å². The third-order valence-corrected chi connectivity index (χ3v) is 4.12. The van der Waals surface area contributed by atoms with Gasteiger partial charge in [-0.1, -0.05) is 43.7 Å². The summed E-state index contributed by atoms with van der Waals surface area (Å²) >= 11 is 0. The van der Waals surface area contributed by atoms with E-state index >= 15 is 0 Å². The molecular formula is C21H24N6O3. The van der Waals surface area contributed by atoms with Crippen LogP contribution in [-0.2, 0) is 11.3 Å². The highest BCUT2D eigenvalue weighted by Crippen LogP contribution is 2.27. The summed E-state index contributed by atoms with van der Waals surface area (Å²) in [4.78, 5) is 13.3. The maximum absolute atomic E-state index is 12.1. The number of hydrogen-bond acceptors (Lipinski definition) is 7. The Morgan fingerprint density at radius 3 is 2.80 bits per heavy atom. The Morgan fingerprint density at radius 1 is 1.20 bits per heavy atom. The molecule has 1 N–H and O–H groups in total. The number of benzene rings is 2. The summed E-state index contributed by atoms with van der Waals surface area (Å²) in [6.07, 6.45) is 3.57. The van der Waals surface area contributed by atoms with E-state index in [-0.39, 0.29) is 12.5 Å². The minimum Gasteiger partial charge on any atom is -0.493 e. The first kappa shape index (κ1) is 21.0. The normalized spacial score (nSPS) is 10.9. The maximum atomic E-state index is 12.1. The van der Waals surface area contributed by atoms with Gasteiger partial charge >= 0.3 is 0 Å². The molecular weight excluding hydrogens is 384 g/mol. The van der Waals surface area contributed by atoms with Crippen LogP contribution in [-0.4, -0.2) is 46.0 Å². The summed E-state index contributed by atoms with van der Waals surface area (Å²) in [5.41, 5.74) is 4.05. The van der Waals surface area contributed by atoms with Gasteiger partial charge in [-0.25, -0.2) is 5.43 Å². The van der Waals surface area contributed by atoms with Crippen LogP contribution in [0.3, 0.4) is 0 Å². The third kappa shape index (κ3) is 5.87. The summed E-state index contributed by atoms with van der Waals surface area (Å²) in [7, 11) is 1.58. The van der Waals surface area contributed by atoms with E-state index in [0.717, 1.165) is 24.0 Å². The lowest BCUT2D eigenvalue weighted by molar-refractivity contribution is -0.122. The van der Waals surface area contributed by atoms with Crippen LogP contribution in [0, 0.1) is 0 Å². The van der Waals surface area contributed by atoms with Crippen molar-refractivity contribution in [1.29, 1.82) is 0 Å². The molecule has 0 saturated carbocycles. The Labute approximate surface area is 174 Å². The average molecular weight is 408 g/mol. The third-order valence-electron chi connectivity index (χ3n) is 4.12. The van der Waals surface area contributed by atoms with Gasteiger partial charge in [0.15, 0.2) is 11.5 Å². The molecule has 0 unspecified atom stereocenters. The van der Waals surface area contributed by atoms with Crippen molar-refractivity contribution in [3.63, 3.8) is 0 Å². The SMILES string of the molecule is CCCCOc1ccc(/C=N\NC(=O)Cn2nnc(-c3ccccc3)n2)cc1OC. The van der Waals surface area contributed by atoms with E-state index in [1.807, 2.05) is 42.5 Å². The average Bonchev–Trinajstić information content (AvgIpc) is 3.23. The first-order valence-corrected chi connectivity index (χ1v) is 9.65. The number of ether oxygens (including phenoxy) is 2. The molecule has 30 heavy (non-hydrogen) atoms. The Balaban J connectivity index is 1.54. The summed E-state index contributed by atoms with van der Waals surface area (Å²) in [5, 5.41) is 16.0. The Hall–Kier alpha value is -3.75. The highest BCUT2D eigenvalue weighted by molar-refractivity contribution is 5.83. The Bertz CT molecular complexity index is 987. The van der Waals surface area contributed by atoms with Crippen molar-refractivity contribution in [3.05, 3.63) is 54.1 Å². The van der Waals surface area contributed by atoms with Crippen LogP contribution >= 0.6 is 0 Å². The van der Waals surface area contributed by atoms with Crippen molar-refractivity contribution in [2.24, 2.45) is 5.10 Å². The van der Waals surface area contributed by atoms with Crippen molar-refractivity contribution in [2.75, 3.05) is 13.7 Å². The smallest absolute Gasteiger partial charge is 0.263 e. The van der Waals surface area contributed by atoms with Gasteiger partial charge in [0.25, 0.3) is 5.91 Å². The molecule has 0 fully saturated rings. The molecule has 3 rings (SSSR count). The minimum absolute atomic E-state index is 0.0926. The Kier molecular flexibility index (Phi) is 7.48. The van der Waals surface area contributed by atoms with Gasteiger partial charge < -0.3 is 9.47 Å². The van der Waals surface area contributed by atoms with Crippen molar-refractivity contribution >= 4 is 12.1 Å². The summed E-state index contributed by atoms with van der Waals surface area (Å²) in [6.45, 7) is 2.65. The first-order chi connectivity index (χ1) is 14.7. The van der Waals surface area contributed by atoms with Crippen molar-refractivity contribution in [2.45, 2.75) is 26.3 Å². The highest BCUT2D eigenvalue weighted by Gasteiger charge is 2.09. The van der Waals surface area contributed by atoms with Crippen LogP contribution in [0.25, 0.3) is 11.4 Å². The van der Waals surface area contributed by atoms with E-state index in [2.05, 4.69) is 32.9 Å². The molecule has 0 aliphatic heterocycles. The number of hydrazone groups is 1. The molecule has 3 aromatic rings. The topological polar surface area (TPSA) is 104 Å². The lowest BCUT2D eigenvalue weighted by Gasteiger charge is -2.10. The molecule has 0 atom stereocenters. The molecule has 1 heterocycles.